The van der Waals surface area contributed by atoms with Crippen molar-refractivity contribution in [1.29, 1.82) is 0 Å². The van der Waals surface area contributed by atoms with Crippen LogP contribution in [0.4, 0.5) is 0 Å². The molecule has 0 atom stereocenters. The zero-order chi connectivity index (χ0) is 15.4. The molecule has 122 valence electrons. The van der Waals surface area contributed by atoms with Crippen molar-refractivity contribution in [3.63, 3.8) is 0 Å². The van der Waals surface area contributed by atoms with Gasteiger partial charge in [-0.3, -0.25) is 0 Å². The number of halogens is 1. The summed E-state index contributed by atoms with van der Waals surface area (Å²) in [6.07, 6.45) is 26.3. The van der Waals surface area contributed by atoms with Gasteiger partial charge < -0.3 is 0 Å². The average molecular weight is 355 g/mol. The Bertz CT molecular complexity index is 272. The summed E-state index contributed by atoms with van der Waals surface area (Å²) in [5.74, 6) is 0. The van der Waals surface area contributed by atoms with Crippen molar-refractivity contribution in [3.05, 3.63) is 30.0 Å². The molecule has 0 unspecified atom stereocenters. The van der Waals surface area contributed by atoms with Crippen LogP contribution in [0.3, 0.4) is 0 Å². The average Bonchev–Trinajstić information content (AvgIpc) is 2.50. The van der Waals surface area contributed by atoms with Crippen molar-refractivity contribution in [2.45, 2.75) is 90.4 Å². The molecule has 0 aliphatic heterocycles. The van der Waals surface area contributed by atoms with Gasteiger partial charge in [0.25, 0.3) is 0 Å². The highest BCUT2D eigenvalue weighted by Crippen LogP contribution is 2.11. The van der Waals surface area contributed by atoms with E-state index in [9.17, 15) is 0 Å². The molecule has 0 aromatic rings. The van der Waals surface area contributed by atoms with E-state index in [1.54, 1.807) is 0 Å². The lowest BCUT2D eigenvalue weighted by Gasteiger charge is -2.01. The van der Waals surface area contributed by atoms with Crippen LogP contribution >= 0.6 is 15.9 Å². The second-order valence-electron chi connectivity index (χ2n) is 5.73. The molecule has 21 heavy (non-hydrogen) atoms. The molecule has 0 spiro atoms. The van der Waals surface area contributed by atoms with Gasteiger partial charge in [0.2, 0.25) is 0 Å². The zero-order valence-electron chi connectivity index (χ0n) is 14.1. The highest BCUT2D eigenvalue weighted by Gasteiger charge is 1.91. The Labute approximate surface area is 141 Å². The molecule has 0 radical (unpaired) electrons. The van der Waals surface area contributed by atoms with Crippen molar-refractivity contribution < 1.29 is 0 Å². The predicted octanol–water partition coefficient (Wildman–Crippen LogP) is 7.74. The number of alkyl halides is 1. The van der Waals surface area contributed by atoms with Gasteiger partial charge in [0.05, 0.1) is 0 Å². The monoisotopic (exact) mass is 354 g/mol. The van der Waals surface area contributed by atoms with Gasteiger partial charge in [-0.05, 0) is 37.8 Å². The van der Waals surface area contributed by atoms with Gasteiger partial charge in [-0.25, -0.2) is 0 Å². The molecular weight excluding hydrogens is 320 g/mol. The fourth-order valence-corrected chi connectivity index (χ4v) is 2.55. The van der Waals surface area contributed by atoms with E-state index in [4.69, 9.17) is 0 Å². The van der Waals surface area contributed by atoms with E-state index in [2.05, 4.69) is 52.9 Å². The summed E-state index contributed by atoms with van der Waals surface area (Å²) in [6, 6.07) is 0. The molecular formula is C20H35Br. The van der Waals surface area contributed by atoms with Gasteiger partial charge in [-0.1, -0.05) is 92.8 Å². The molecule has 1 heteroatoms. The van der Waals surface area contributed by atoms with Crippen LogP contribution in [-0.4, -0.2) is 5.33 Å². The third-order valence-electron chi connectivity index (χ3n) is 3.63. The number of hydrogen-bond acceptors (Lipinski definition) is 0. The summed E-state index contributed by atoms with van der Waals surface area (Å²) >= 11 is 3.40. The number of rotatable bonds is 15. The smallest absolute Gasteiger partial charge is 0.00719 e. The van der Waals surface area contributed by atoms with Gasteiger partial charge >= 0.3 is 0 Å². The lowest BCUT2D eigenvalue weighted by Crippen LogP contribution is -1.81. The molecule has 0 aliphatic rings. The number of allylic oxidation sites excluding steroid dienone is 3. The summed E-state index contributed by atoms with van der Waals surface area (Å²) in [7, 11) is 0. The van der Waals surface area contributed by atoms with Crippen LogP contribution in [0.5, 0.6) is 0 Å². The fraction of sp³-hybridized carbons (Fsp3) is 0.750. The van der Waals surface area contributed by atoms with Crippen LogP contribution in [0.1, 0.15) is 90.4 Å². The summed E-state index contributed by atoms with van der Waals surface area (Å²) in [5.41, 5.74) is 3.20. The Morgan fingerprint density at radius 1 is 0.714 bits per heavy atom. The topological polar surface area (TPSA) is 0 Å². The minimum atomic E-state index is 1.02. The van der Waals surface area contributed by atoms with Crippen LogP contribution in [0.15, 0.2) is 30.0 Å². The summed E-state index contributed by atoms with van der Waals surface area (Å²) in [4.78, 5) is 0. The molecule has 0 saturated heterocycles. The molecule has 0 N–H and O–H groups in total. The van der Waals surface area contributed by atoms with Crippen LogP contribution in [0.25, 0.3) is 0 Å². The first kappa shape index (κ1) is 20.7. The second kappa shape index (κ2) is 19.7. The molecule has 0 fully saturated rings. The second-order valence-corrected chi connectivity index (χ2v) is 6.52. The van der Waals surface area contributed by atoms with Crippen molar-refractivity contribution >= 4 is 15.9 Å². The first-order chi connectivity index (χ1) is 10.4. The molecule has 0 nitrogen and oxygen atoms in total. The third kappa shape index (κ3) is 19.7. The maximum atomic E-state index is 3.40. The maximum Gasteiger partial charge on any atom is 0.00719 e. The first-order valence-corrected chi connectivity index (χ1v) is 10.1. The summed E-state index contributed by atoms with van der Waals surface area (Å²) in [5, 5.41) is 1.03. The largest absolute Gasteiger partial charge is 0.129 e. The first-order valence-electron chi connectivity index (χ1n) is 9.02. The molecule has 0 bridgehead atoms. The van der Waals surface area contributed by atoms with Crippen LogP contribution < -0.4 is 0 Å². The number of hydrogen-bond donors (Lipinski definition) is 0. The molecule has 0 amide bonds. The lowest BCUT2D eigenvalue weighted by molar-refractivity contribution is 0.557. The Kier molecular flexibility index (Phi) is 19.5. The molecule has 0 saturated carbocycles. The molecule has 0 aliphatic carbocycles. The minimum absolute atomic E-state index is 1.02. The normalized spacial score (nSPS) is 10.8. The predicted molar refractivity (Wildman–Crippen MR) is 101 cm³/mol. The molecule has 0 aromatic heterocycles. The van der Waals surface area contributed by atoms with Gasteiger partial charge in [0, 0.05) is 5.33 Å². The standard InChI is InChI=1S/C20H35Br/c1-2-3-4-5-6-7-8-9-10-11-12-13-14-15-16-17-18-19-20-21/h13-14,16,18H,2-12,15,19-20H2,1H3/b14-13-. The number of unbranched alkanes of at least 4 members (excludes halogenated alkanes) is 10. The van der Waals surface area contributed by atoms with Crippen LogP contribution in [0.2, 0.25) is 0 Å². The maximum absolute atomic E-state index is 3.40. The van der Waals surface area contributed by atoms with Crippen LogP contribution in [-0.2, 0) is 0 Å². The van der Waals surface area contributed by atoms with Crippen molar-refractivity contribution in [1.82, 2.24) is 0 Å². The van der Waals surface area contributed by atoms with E-state index in [1.807, 2.05) is 0 Å². The minimum Gasteiger partial charge on any atom is -0.129 e. The van der Waals surface area contributed by atoms with Gasteiger partial charge in [-0.15, -0.1) is 5.73 Å². The Morgan fingerprint density at radius 2 is 1.33 bits per heavy atom. The van der Waals surface area contributed by atoms with Gasteiger partial charge in [-0.2, -0.15) is 0 Å². The Morgan fingerprint density at radius 3 is 1.95 bits per heavy atom. The van der Waals surface area contributed by atoms with E-state index in [0.717, 1.165) is 18.2 Å². The lowest BCUT2D eigenvalue weighted by atomic mass is 10.1. The molecule has 0 rings (SSSR count). The SMILES string of the molecule is CCCCCCCCCCCC/C=C\CC=C=CCCBr. The molecule has 0 heterocycles. The van der Waals surface area contributed by atoms with Crippen LogP contribution in [0, 0.1) is 0 Å². The summed E-state index contributed by atoms with van der Waals surface area (Å²) < 4.78 is 0. The fourth-order valence-electron chi connectivity index (χ4n) is 2.32. The third-order valence-corrected chi connectivity index (χ3v) is 4.09. The quantitative estimate of drug-likeness (QED) is 0.122. The molecule has 0 aromatic carbocycles. The van der Waals surface area contributed by atoms with E-state index >= 15 is 0 Å². The Hall–Kier alpha value is -0.260. The highest BCUT2D eigenvalue weighted by molar-refractivity contribution is 9.09. The van der Waals surface area contributed by atoms with Crippen molar-refractivity contribution in [2.24, 2.45) is 0 Å². The van der Waals surface area contributed by atoms with E-state index in [0.29, 0.717) is 0 Å². The van der Waals surface area contributed by atoms with Gasteiger partial charge in [0.1, 0.15) is 0 Å². The van der Waals surface area contributed by atoms with E-state index < -0.39 is 0 Å². The van der Waals surface area contributed by atoms with Gasteiger partial charge in [0.15, 0.2) is 0 Å². The van der Waals surface area contributed by atoms with E-state index in [-0.39, 0.29) is 0 Å². The zero-order valence-corrected chi connectivity index (χ0v) is 15.7. The highest BCUT2D eigenvalue weighted by atomic mass is 79.9. The van der Waals surface area contributed by atoms with Crippen molar-refractivity contribution in [2.75, 3.05) is 5.33 Å². The van der Waals surface area contributed by atoms with E-state index in [1.165, 1.54) is 70.6 Å². The Balaban J connectivity index is 3.16. The summed E-state index contributed by atoms with van der Waals surface area (Å²) in [6.45, 7) is 2.28. The van der Waals surface area contributed by atoms with Crippen molar-refractivity contribution in [3.8, 4) is 0 Å².